The molecule has 1 aromatic carbocycles. The molecule has 190 valence electrons. The van der Waals surface area contributed by atoms with Crippen LogP contribution >= 0.6 is 0 Å². The summed E-state index contributed by atoms with van der Waals surface area (Å²) in [6, 6.07) is 5.96. The van der Waals surface area contributed by atoms with Crippen molar-refractivity contribution in [2.45, 2.75) is 64.5 Å². The zero-order valence-electron chi connectivity index (χ0n) is 21.0. The Labute approximate surface area is 203 Å². The lowest BCUT2D eigenvalue weighted by Gasteiger charge is -2.39. The van der Waals surface area contributed by atoms with Gasteiger partial charge in [0.1, 0.15) is 6.10 Å². The summed E-state index contributed by atoms with van der Waals surface area (Å²) < 4.78 is 22.1. The first kappa shape index (κ1) is 26.1. The number of rotatable bonds is 13. The molecule has 2 fully saturated rings. The number of likely N-dealkylation sites (tertiary alicyclic amines) is 1. The van der Waals surface area contributed by atoms with Crippen LogP contribution in [0.25, 0.3) is 0 Å². The van der Waals surface area contributed by atoms with E-state index in [1.165, 1.54) is 0 Å². The average molecular weight is 477 g/mol. The summed E-state index contributed by atoms with van der Waals surface area (Å²) in [5.41, 5.74) is 1.16. The number of piperidine rings is 1. The summed E-state index contributed by atoms with van der Waals surface area (Å²) in [7, 11) is 3.33. The van der Waals surface area contributed by atoms with E-state index in [0.717, 1.165) is 50.0 Å². The predicted molar refractivity (Wildman–Crippen MR) is 129 cm³/mol. The zero-order chi connectivity index (χ0) is 24.5. The number of ether oxygens (including phenoxy) is 4. The highest BCUT2D eigenvalue weighted by molar-refractivity contribution is 5.77. The molecular weight excluding hydrogens is 436 g/mol. The van der Waals surface area contributed by atoms with Gasteiger partial charge in [-0.3, -0.25) is 4.79 Å². The summed E-state index contributed by atoms with van der Waals surface area (Å²) >= 11 is 0. The predicted octanol–water partition coefficient (Wildman–Crippen LogP) is 3.80. The molecule has 2 aliphatic heterocycles. The lowest BCUT2D eigenvalue weighted by Crippen LogP contribution is -2.51. The van der Waals surface area contributed by atoms with Gasteiger partial charge >= 0.3 is 6.09 Å². The molecule has 0 aliphatic carbocycles. The van der Waals surface area contributed by atoms with Crippen LogP contribution in [0, 0.1) is 11.8 Å². The van der Waals surface area contributed by atoms with Crippen LogP contribution < -0.4 is 14.8 Å². The molecular formula is C26H40N2O6. The molecule has 2 heterocycles. The van der Waals surface area contributed by atoms with Gasteiger partial charge < -0.3 is 29.2 Å². The Hall–Kier alpha value is -2.48. The van der Waals surface area contributed by atoms with E-state index in [1.54, 1.807) is 14.2 Å². The first-order valence-corrected chi connectivity index (χ1v) is 12.5. The maximum atomic E-state index is 12.8. The van der Waals surface area contributed by atoms with E-state index in [1.807, 2.05) is 11.0 Å². The molecule has 0 aromatic heterocycles. The first-order valence-electron chi connectivity index (χ1n) is 12.5. The number of nitrogens with one attached hydrogen (secondary N) is 1. The lowest BCUT2D eigenvalue weighted by molar-refractivity contribution is -0.138. The van der Waals surface area contributed by atoms with Gasteiger partial charge in [-0.15, -0.1) is 0 Å². The number of amides is 2. The van der Waals surface area contributed by atoms with Crippen LogP contribution in [0.5, 0.6) is 11.5 Å². The molecule has 1 aromatic rings. The first-order chi connectivity index (χ1) is 16.4. The fourth-order valence-electron chi connectivity index (χ4n) is 4.83. The van der Waals surface area contributed by atoms with Crippen LogP contribution in [-0.2, 0) is 20.7 Å². The number of hydrogen-bond acceptors (Lipinski definition) is 6. The lowest BCUT2D eigenvalue weighted by atomic mass is 9.82. The van der Waals surface area contributed by atoms with Crippen LogP contribution in [0.4, 0.5) is 4.79 Å². The van der Waals surface area contributed by atoms with Gasteiger partial charge in [-0.1, -0.05) is 19.9 Å². The summed E-state index contributed by atoms with van der Waals surface area (Å²) in [6.07, 6.45) is 4.19. The molecule has 3 rings (SSSR count). The molecule has 2 saturated heterocycles. The molecule has 0 saturated carbocycles. The van der Waals surface area contributed by atoms with E-state index in [-0.39, 0.29) is 18.1 Å². The Balaban J connectivity index is 1.76. The summed E-state index contributed by atoms with van der Waals surface area (Å²) in [4.78, 5) is 26.5. The van der Waals surface area contributed by atoms with Crippen molar-refractivity contribution in [3.63, 3.8) is 0 Å². The molecule has 1 N–H and O–H groups in total. The van der Waals surface area contributed by atoms with E-state index in [4.69, 9.17) is 18.9 Å². The Morgan fingerprint density at radius 1 is 1.15 bits per heavy atom. The third-order valence-corrected chi connectivity index (χ3v) is 6.86. The van der Waals surface area contributed by atoms with Gasteiger partial charge in [-0.25, -0.2) is 4.79 Å². The molecule has 3 atom stereocenters. The number of hydrogen-bond donors (Lipinski definition) is 1. The molecule has 8 heteroatoms. The molecule has 0 radical (unpaired) electrons. The minimum atomic E-state index is -0.397. The Kier molecular flexibility index (Phi) is 9.86. The second-order valence-corrected chi connectivity index (χ2v) is 9.56. The Morgan fingerprint density at radius 3 is 2.62 bits per heavy atom. The van der Waals surface area contributed by atoms with E-state index < -0.39 is 6.09 Å². The van der Waals surface area contributed by atoms with Crippen molar-refractivity contribution in [3.8, 4) is 11.5 Å². The van der Waals surface area contributed by atoms with Crippen LogP contribution in [0.15, 0.2) is 18.2 Å². The number of methoxy groups -OCH3 is 2. The minimum Gasteiger partial charge on any atom is -0.493 e. The monoisotopic (exact) mass is 476 g/mol. The number of cyclic esters (lactones) is 1. The summed E-state index contributed by atoms with van der Waals surface area (Å²) in [5.74, 6) is 2.30. The number of carbonyl (C=O) groups is 2. The van der Waals surface area contributed by atoms with E-state index >= 15 is 0 Å². The van der Waals surface area contributed by atoms with Crippen LogP contribution in [0.3, 0.4) is 0 Å². The normalized spacial score (nSPS) is 20.1. The number of alkyl carbamates (subject to hydrolysis) is 1. The van der Waals surface area contributed by atoms with E-state index in [0.29, 0.717) is 43.8 Å². The molecule has 0 spiro atoms. The van der Waals surface area contributed by atoms with E-state index in [2.05, 4.69) is 31.3 Å². The quantitative estimate of drug-likeness (QED) is 0.436. The summed E-state index contributed by atoms with van der Waals surface area (Å²) in [5, 5.41) is 2.77. The molecule has 2 aliphatic rings. The fraction of sp³-hybridized carbons (Fsp3) is 0.692. The van der Waals surface area contributed by atoms with Crippen molar-refractivity contribution >= 4 is 12.0 Å². The fourth-order valence-corrected chi connectivity index (χ4v) is 4.83. The van der Waals surface area contributed by atoms with Crippen LogP contribution in [0.2, 0.25) is 0 Å². The average Bonchev–Trinajstić information content (AvgIpc) is 3.26. The molecule has 1 unspecified atom stereocenters. The van der Waals surface area contributed by atoms with Gasteiger partial charge in [-0.2, -0.15) is 0 Å². The number of nitrogens with zero attached hydrogens (tertiary/aromatic N) is 1. The smallest absolute Gasteiger partial charge is 0.407 e. The second kappa shape index (κ2) is 12.8. The van der Waals surface area contributed by atoms with Gasteiger partial charge in [0.15, 0.2) is 11.5 Å². The largest absolute Gasteiger partial charge is 0.493 e. The van der Waals surface area contributed by atoms with Crippen molar-refractivity contribution in [1.82, 2.24) is 10.2 Å². The number of carbonyl (C=O) groups excluding carboxylic acids is 2. The highest BCUT2D eigenvalue weighted by atomic mass is 16.6. The van der Waals surface area contributed by atoms with Gasteiger partial charge in [0.05, 0.1) is 26.3 Å². The topological polar surface area (TPSA) is 86.3 Å². The van der Waals surface area contributed by atoms with Crippen LogP contribution in [-0.4, -0.2) is 69.6 Å². The third kappa shape index (κ3) is 7.01. The highest BCUT2D eigenvalue weighted by Gasteiger charge is 2.39. The van der Waals surface area contributed by atoms with Crippen molar-refractivity contribution in [3.05, 3.63) is 23.8 Å². The third-order valence-electron chi connectivity index (χ3n) is 6.86. The van der Waals surface area contributed by atoms with Crippen molar-refractivity contribution < 1.29 is 28.5 Å². The van der Waals surface area contributed by atoms with Gasteiger partial charge in [0, 0.05) is 33.1 Å². The molecule has 2 amide bonds. The van der Waals surface area contributed by atoms with Gasteiger partial charge in [-0.05, 0) is 55.2 Å². The standard InChI is InChI=1S/C26H40N2O6/c1-18(2)20(14-19-9-10-22(32-4)23(15-19)33-13-7-12-31-3)16-21(24-17-27-26(30)34-24)28-11-6-5-8-25(28)29/h9-10,15,18,20-21,24H,5-8,11-14,16-17H2,1-4H3,(H,27,30)/t20-,21?,24-/m0/s1. The van der Waals surface area contributed by atoms with Crippen molar-refractivity contribution in [1.29, 1.82) is 0 Å². The summed E-state index contributed by atoms with van der Waals surface area (Å²) in [6.45, 7) is 6.80. The molecule has 8 nitrogen and oxygen atoms in total. The van der Waals surface area contributed by atoms with Gasteiger partial charge in [0.2, 0.25) is 5.91 Å². The highest BCUT2D eigenvalue weighted by Crippen LogP contribution is 2.33. The maximum absolute atomic E-state index is 12.8. The second-order valence-electron chi connectivity index (χ2n) is 9.56. The van der Waals surface area contributed by atoms with Crippen LogP contribution in [0.1, 0.15) is 51.5 Å². The zero-order valence-corrected chi connectivity index (χ0v) is 21.0. The SMILES string of the molecule is COCCCOc1cc(C[C@@H](CC([C@@H]2CNC(=O)O2)N2CCCCC2=O)C(C)C)ccc1OC. The van der Waals surface area contributed by atoms with Crippen molar-refractivity contribution in [2.75, 3.05) is 40.5 Å². The minimum absolute atomic E-state index is 0.123. The Morgan fingerprint density at radius 2 is 1.97 bits per heavy atom. The van der Waals surface area contributed by atoms with Crippen molar-refractivity contribution in [2.24, 2.45) is 11.8 Å². The molecule has 0 bridgehead atoms. The number of benzene rings is 1. The van der Waals surface area contributed by atoms with E-state index in [9.17, 15) is 9.59 Å². The maximum Gasteiger partial charge on any atom is 0.407 e. The Bertz CT molecular complexity index is 814. The molecule has 34 heavy (non-hydrogen) atoms. The van der Waals surface area contributed by atoms with Gasteiger partial charge in [0.25, 0.3) is 0 Å².